The Hall–Kier alpha value is -1.07. The van der Waals surface area contributed by atoms with Crippen LogP contribution in [0.1, 0.15) is 19.4 Å². The number of thioether (sulfide) groups is 1. The van der Waals surface area contributed by atoms with Gasteiger partial charge in [-0.05, 0) is 32.0 Å². The molecule has 1 aliphatic rings. The van der Waals surface area contributed by atoms with Crippen molar-refractivity contribution in [2.45, 2.75) is 18.6 Å². The highest BCUT2D eigenvalue weighted by Crippen LogP contribution is 2.35. The molecule has 0 unspecified atom stereocenters. The molecule has 1 aromatic carbocycles. The monoisotopic (exact) mass is 299 g/mol. The molecule has 2 rings (SSSR count). The van der Waals surface area contributed by atoms with Crippen LogP contribution in [0.25, 0.3) is 0 Å². The number of benzene rings is 1. The number of halogens is 1. The molecule has 104 valence electrons. The lowest BCUT2D eigenvalue weighted by molar-refractivity contribution is 0.318. The van der Waals surface area contributed by atoms with E-state index in [4.69, 9.17) is 22.5 Å². The van der Waals surface area contributed by atoms with Crippen molar-refractivity contribution in [2.24, 2.45) is 10.9 Å². The van der Waals surface area contributed by atoms with Gasteiger partial charge in [0.15, 0.2) is 5.84 Å². The van der Waals surface area contributed by atoms with Crippen LogP contribution in [0.15, 0.2) is 23.4 Å². The lowest BCUT2D eigenvalue weighted by Crippen LogP contribution is -2.43. The molecule has 0 bridgehead atoms. The predicted molar refractivity (Wildman–Crippen MR) is 82.7 cm³/mol. The Morgan fingerprint density at radius 3 is 2.84 bits per heavy atom. The van der Waals surface area contributed by atoms with Crippen LogP contribution in [-0.4, -0.2) is 34.6 Å². The van der Waals surface area contributed by atoms with Crippen molar-refractivity contribution in [3.8, 4) is 0 Å². The van der Waals surface area contributed by atoms with Crippen molar-refractivity contribution in [3.05, 3.63) is 28.8 Å². The van der Waals surface area contributed by atoms with Crippen LogP contribution in [0.4, 0.5) is 5.69 Å². The molecule has 1 fully saturated rings. The van der Waals surface area contributed by atoms with Gasteiger partial charge in [0.25, 0.3) is 0 Å². The molecule has 0 radical (unpaired) electrons. The second-order valence-corrected chi connectivity index (χ2v) is 7.39. The number of hydrogen-bond donors (Lipinski definition) is 2. The molecule has 0 spiro atoms. The smallest absolute Gasteiger partial charge is 0.170 e. The summed E-state index contributed by atoms with van der Waals surface area (Å²) in [5, 5.41) is 12.3. The first-order chi connectivity index (χ1) is 8.93. The summed E-state index contributed by atoms with van der Waals surface area (Å²) in [6.45, 7) is 6.42. The van der Waals surface area contributed by atoms with E-state index >= 15 is 0 Å². The standard InChI is InChI=1S/C13H18ClN3OS/c1-13(2)8-17(5-6-19-13)11-4-3-9(7-10(11)14)12(15)16-18/h3-4,7,18H,5-6,8H2,1-2H3,(H2,15,16). The molecule has 0 amide bonds. The molecule has 4 nitrogen and oxygen atoms in total. The predicted octanol–water partition coefficient (Wildman–Crippen LogP) is 2.77. The minimum absolute atomic E-state index is 0.0722. The molecule has 1 aromatic rings. The molecule has 6 heteroatoms. The minimum Gasteiger partial charge on any atom is -0.409 e. The molecule has 1 heterocycles. The second kappa shape index (κ2) is 5.51. The van der Waals surface area contributed by atoms with Crippen LogP contribution in [0.3, 0.4) is 0 Å². The van der Waals surface area contributed by atoms with Gasteiger partial charge >= 0.3 is 0 Å². The number of hydrogen-bond acceptors (Lipinski definition) is 4. The summed E-state index contributed by atoms with van der Waals surface area (Å²) in [6, 6.07) is 5.49. The summed E-state index contributed by atoms with van der Waals surface area (Å²) < 4.78 is 0.228. The zero-order valence-corrected chi connectivity index (χ0v) is 12.6. The van der Waals surface area contributed by atoms with Crippen molar-refractivity contribution in [1.29, 1.82) is 0 Å². The number of nitrogens with zero attached hydrogens (tertiary/aromatic N) is 2. The van der Waals surface area contributed by atoms with Crippen LogP contribution >= 0.6 is 23.4 Å². The number of anilines is 1. The van der Waals surface area contributed by atoms with Crippen molar-refractivity contribution in [3.63, 3.8) is 0 Å². The van der Waals surface area contributed by atoms with E-state index in [1.54, 1.807) is 6.07 Å². The lowest BCUT2D eigenvalue weighted by atomic mass is 10.1. The molecule has 0 aromatic heterocycles. The number of rotatable bonds is 2. The van der Waals surface area contributed by atoms with E-state index in [0.29, 0.717) is 10.6 Å². The zero-order chi connectivity index (χ0) is 14.0. The number of amidine groups is 1. The molecule has 0 saturated carbocycles. The largest absolute Gasteiger partial charge is 0.409 e. The third-order valence-electron chi connectivity index (χ3n) is 3.12. The number of nitrogens with two attached hydrogens (primary N) is 1. The maximum atomic E-state index is 8.67. The quantitative estimate of drug-likeness (QED) is 0.381. The maximum absolute atomic E-state index is 8.67. The fraction of sp³-hybridized carbons (Fsp3) is 0.462. The van der Waals surface area contributed by atoms with Gasteiger partial charge in [-0.1, -0.05) is 16.8 Å². The summed E-state index contributed by atoms with van der Waals surface area (Å²) in [5.41, 5.74) is 7.19. The molecule has 1 aliphatic heterocycles. The van der Waals surface area contributed by atoms with Gasteiger partial charge in [0.05, 0.1) is 10.7 Å². The van der Waals surface area contributed by atoms with Crippen LogP contribution in [0.5, 0.6) is 0 Å². The SMILES string of the molecule is CC1(C)CN(c2ccc(/C(N)=N/O)cc2Cl)CCS1. The van der Waals surface area contributed by atoms with Crippen molar-refractivity contribution >= 4 is 34.9 Å². The normalized spacial score (nSPS) is 19.5. The average molecular weight is 300 g/mol. The molecule has 19 heavy (non-hydrogen) atoms. The third kappa shape index (κ3) is 3.28. The summed E-state index contributed by atoms with van der Waals surface area (Å²) in [5.74, 6) is 1.16. The molecular weight excluding hydrogens is 282 g/mol. The summed E-state index contributed by atoms with van der Waals surface area (Å²) in [6.07, 6.45) is 0. The van der Waals surface area contributed by atoms with Gasteiger partial charge in [-0.15, -0.1) is 0 Å². The average Bonchev–Trinajstić information content (AvgIpc) is 2.36. The fourth-order valence-electron chi connectivity index (χ4n) is 2.20. The van der Waals surface area contributed by atoms with Crippen LogP contribution in [-0.2, 0) is 0 Å². The Morgan fingerprint density at radius 2 is 2.26 bits per heavy atom. The Labute approximate surface area is 122 Å². The maximum Gasteiger partial charge on any atom is 0.170 e. The Bertz CT molecular complexity index is 505. The lowest BCUT2D eigenvalue weighted by Gasteiger charge is -2.39. The molecule has 1 saturated heterocycles. The molecule has 3 N–H and O–H groups in total. The zero-order valence-electron chi connectivity index (χ0n) is 11.1. The van der Waals surface area contributed by atoms with Gasteiger partial charge in [0.1, 0.15) is 0 Å². The van der Waals surface area contributed by atoms with E-state index in [-0.39, 0.29) is 10.6 Å². The first kappa shape index (κ1) is 14.3. The van der Waals surface area contributed by atoms with Crippen LogP contribution in [0.2, 0.25) is 5.02 Å². The number of oxime groups is 1. The third-order valence-corrected chi connectivity index (χ3v) is 4.72. The Morgan fingerprint density at radius 1 is 1.53 bits per heavy atom. The Balaban J connectivity index is 2.26. The van der Waals surface area contributed by atoms with Crippen LogP contribution in [0, 0.1) is 0 Å². The van der Waals surface area contributed by atoms with Gasteiger partial charge in [-0.3, -0.25) is 0 Å². The van der Waals surface area contributed by atoms with E-state index in [9.17, 15) is 0 Å². The highest BCUT2D eigenvalue weighted by molar-refractivity contribution is 8.00. The van der Waals surface area contributed by atoms with E-state index in [1.807, 2.05) is 23.9 Å². The van der Waals surface area contributed by atoms with E-state index < -0.39 is 0 Å². The van der Waals surface area contributed by atoms with Crippen molar-refractivity contribution in [2.75, 3.05) is 23.7 Å². The summed E-state index contributed by atoms with van der Waals surface area (Å²) in [4.78, 5) is 2.29. The van der Waals surface area contributed by atoms with Gasteiger partial charge in [0.2, 0.25) is 0 Å². The topological polar surface area (TPSA) is 61.8 Å². The van der Waals surface area contributed by atoms with E-state index in [1.165, 1.54) is 0 Å². The highest BCUT2D eigenvalue weighted by atomic mass is 35.5. The van der Waals surface area contributed by atoms with E-state index in [2.05, 4.69) is 23.9 Å². The van der Waals surface area contributed by atoms with Crippen LogP contribution < -0.4 is 10.6 Å². The highest BCUT2D eigenvalue weighted by Gasteiger charge is 2.28. The summed E-state index contributed by atoms with van der Waals surface area (Å²) >= 11 is 8.30. The fourth-order valence-corrected chi connectivity index (χ4v) is 3.61. The first-order valence-electron chi connectivity index (χ1n) is 6.09. The molecule has 0 atom stereocenters. The van der Waals surface area contributed by atoms with Gasteiger partial charge in [0, 0.05) is 29.2 Å². The second-order valence-electron chi connectivity index (χ2n) is 5.18. The Kier molecular flexibility index (Phi) is 4.16. The molecular formula is C13H18ClN3OS. The minimum atomic E-state index is 0.0722. The van der Waals surface area contributed by atoms with Gasteiger partial charge in [-0.25, -0.2) is 0 Å². The van der Waals surface area contributed by atoms with Crippen molar-refractivity contribution < 1.29 is 5.21 Å². The van der Waals surface area contributed by atoms with E-state index in [0.717, 1.165) is 24.5 Å². The molecule has 0 aliphatic carbocycles. The van der Waals surface area contributed by atoms with Gasteiger partial charge < -0.3 is 15.8 Å². The van der Waals surface area contributed by atoms with Gasteiger partial charge in [-0.2, -0.15) is 11.8 Å². The van der Waals surface area contributed by atoms with Crippen molar-refractivity contribution in [1.82, 2.24) is 0 Å². The summed E-state index contributed by atoms with van der Waals surface area (Å²) in [7, 11) is 0. The first-order valence-corrected chi connectivity index (χ1v) is 7.46.